The van der Waals surface area contributed by atoms with E-state index in [2.05, 4.69) is 6.92 Å². The summed E-state index contributed by atoms with van der Waals surface area (Å²) in [6.45, 7) is 6.49. The molecule has 278 valence electrons. The molecule has 2 saturated carbocycles. The molecule has 3 N–H and O–H groups in total. The maximum absolute atomic E-state index is 15.3. The summed E-state index contributed by atoms with van der Waals surface area (Å²) in [6.07, 6.45) is 4.74. The second-order valence-electron chi connectivity index (χ2n) is 15.4. The zero-order valence-electron chi connectivity index (χ0n) is 30.4. The molecule has 52 heavy (non-hydrogen) atoms. The molecular weight excluding hydrogens is 664 g/mol. The Balaban J connectivity index is 1.40. The molecule has 0 aliphatic heterocycles. The predicted octanol–water partition coefficient (Wildman–Crippen LogP) is 5.54. The highest BCUT2D eigenvalue weighted by molar-refractivity contribution is 5.96. The van der Waals surface area contributed by atoms with Crippen LogP contribution in [0.25, 0.3) is 0 Å². The molecule has 9 unspecified atom stereocenters. The van der Waals surface area contributed by atoms with Crippen molar-refractivity contribution in [2.45, 2.75) is 96.1 Å². The molecule has 2 aromatic carbocycles. The van der Waals surface area contributed by atoms with Crippen molar-refractivity contribution < 1.29 is 48.7 Å². The summed E-state index contributed by atoms with van der Waals surface area (Å²) in [5, 5.41) is 35.6. The zero-order valence-corrected chi connectivity index (χ0v) is 30.4. The van der Waals surface area contributed by atoms with Crippen LogP contribution >= 0.6 is 0 Å². The third-order valence-electron chi connectivity index (χ3n) is 12.3. The molecule has 0 saturated heterocycles. The minimum atomic E-state index is -2.40. The Labute approximate surface area is 304 Å². The lowest BCUT2D eigenvalue weighted by Gasteiger charge is -2.49. The summed E-state index contributed by atoms with van der Waals surface area (Å²) in [4.78, 5) is 55.5. The van der Waals surface area contributed by atoms with Gasteiger partial charge in [-0.15, -0.1) is 0 Å². The van der Waals surface area contributed by atoms with Crippen LogP contribution in [0, 0.1) is 28.6 Å². The van der Waals surface area contributed by atoms with E-state index < -0.39 is 82.3 Å². The van der Waals surface area contributed by atoms with Crippen LogP contribution in [-0.2, 0) is 23.8 Å². The van der Waals surface area contributed by atoms with Crippen molar-refractivity contribution in [2.24, 2.45) is 28.6 Å². The number of ketones is 1. The van der Waals surface area contributed by atoms with Crippen LogP contribution in [0.3, 0.4) is 0 Å². The van der Waals surface area contributed by atoms with Gasteiger partial charge in [-0.3, -0.25) is 9.59 Å². The number of hydrogen-bond donors (Lipinski definition) is 3. The Bertz CT molecular complexity index is 1750. The monoisotopic (exact) mass is 714 g/mol. The van der Waals surface area contributed by atoms with Crippen molar-refractivity contribution in [3.63, 3.8) is 0 Å². The molecule has 0 heterocycles. The maximum atomic E-state index is 15.3. The Morgan fingerprint density at radius 2 is 1.54 bits per heavy atom. The second kappa shape index (κ2) is 14.4. The van der Waals surface area contributed by atoms with E-state index in [1.165, 1.54) is 6.08 Å². The minimum absolute atomic E-state index is 0.0210. The van der Waals surface area contributed by atoms with E-state index in [0.717, 1.165) is 25.7 Å². The van der Waals surface area contributed by atoms with Crippen LogP contribution in [0.4, 0.5) is 0 Å². The number of aliphatic hydroxyl groups excluding tert-OH is 2. The van der Waals surface area contributed by atoms with Gasteiger partial charge in [0.1, 0.15) is 18.3 Å². The van der Waals surface area contributed by atoms with Crippen LogP contribution in [0.15, 0.2) is 84.0 Å². The van der Waals surface area contributed by atoms with Crippen LogP contribution in [-0.4, -0.2) is 75.6 Å². The fraction of sp³-hybridized carbons (Fsp3) is 0.524. The molecule has 2 aromatic rings. The van der Waals surface area contributed by atoms with Crippen LogP contribution in [0.5, 0.6) is 0 Å². The number of benzene rings is 2. The molecule has 4 aliphatic carbocycles. The van der Waals surface area contributed by atoms with E-state index in [1.54, 1.807) is 80.6 Å². The minimum Gasteiger partial charge on any atom is -0.461 e. The quantitative estimate of drug-likeness (QED) is 0.104. The number of Topliss-reactive ketones (excluding diaryl/α,β-unsaturated/α-hetero) is 1. The highest BCUT2D eigenvalue weighted by Gasteiger charge is 2.85. The first-order valence-corrected chi connectivity index (χ1v) is 18.5. The lowest BCUT2D eigenvalue weighted by Crippen LogP contribution is -2.66. The van der Waals surface area contributed by atoms with Gasteiger partial charge in [0.05, 0.1) is 23.1 Å². The number of unbranched alkanes of at least 4 members (excludes halogenated alkanes) is 4. The zero-order chi connectivity index (χ0) is 37.5. The molecule has 0 radical (unpaired) electrons. The van der Waals surface area contributed by atoms with Gasteiger partial charge in [0.2, 0.25) is 0 Å². The summed E-state index contributed by atoms with van der Waals surface area (Å²) in [5.41, 5.74) is -5.61. The number of carbonyl (C=O) groups is 4. The van der Waals surface area contributed by atoms with Crippen LogP contribution < -0.4 is 0 Å². The van der Waals surface area contributed by atoms with Crippen molar-refractivity contribution in [3.05, 3.63) is 95.1 Å². The standard InChI is InChI=1S/C42H50O10/c1-5-6-7-8-15-20-32(44)52-41-23-27(3)40-22-26(2)36(51-38(48)29-18-13-10-14-19-29)42(40,49)34(45)30(24-43)21-31(35(40)46)33(41)39(41,4)25-50-37(47)28-16-11-9-12-17-28/h9-14,16-19,21-22,27,31,33-34,36,43,45,49H,5-8,15,20,23-25H2,1-4H3. The van der Waals surface area contributed by atoms with Crippen molar-refractivity contribution in [1.82, 2.24) is 0 Å². The fourth-order valence-electron chi connectivity index (χ4n) is 9.67. The maximum Gasteiger partial charge on any atom is 0.338 e. The average Bonchev–Trinajstić information content (AvgIpc) is 3.58. The number of ether oxygens (including phenoxy) is 3. The largest absolute Gasteiger partial charge is 0.461 e. The van der Waals surface area contributed by atoms with Gasteiger partial charge in [0, 0.05) is 23.7 Å². The van der Waals surface area contributed by atoms with Crippen molar-refractivity contribution in [1.29, 1.82) is 0 Å². The van der Waals surface area contributed by atoms with E-state index in [9.17, 15) is 29.7 Å². The fourth-order valence-corrected chi connectivity index (χ4v) is 9.67. The topological polar surface area (TPSA) is 157 Å². The lowest BCUT2D eigenvalue weighted by atomic mass is 9.58. The molecule has 1 spiro atoms. The molecular formula is C42H50O10. The number of carbonyl (C=O) groups excluding carboxylic acids is 4. The van der Waals surface area contributed by atoms with Gasteiger partial charge >= 0.3 is 17.9 Å². The van der Waals surface area contributed by atoms with Gasteiger partial charge in [0.25, 0.3) is 0 Å². The SMILES string of the molecule is CCCCCCCC(=O)OC12CC(C)C34C=C(C)C(OC(=O)c5ccccc5)C3(O)C(O)C(CO)=CC(C4=O)C1C2(C)COC(=O)c1ccccc1. The molecule has 0 amide bonds. The Kier molecular flexibility index (Phi) is 10.4. The van der Waals surface area contributed by atoms with Gasteiger partial charge in [-0.2, -0.15) is 0 Å². The van der Waals surface area contributed by atoms with Gasteiger partial charge < -0.3 is 29.5 Å². The Hall–Kier alpha value is -4.12. The first kappa shape index (κ1) is 37.6. The summed E-state index contributed by atoms with van der Waals surface area (Å²) in [5.74, 6) is -4.77. The number of esters is 3. The van der Waals surface area contributed by atoms with E-state index in [0.29, 0.717) is 17.6 Å². The first-order chi connectivity index (χ1) is 24.8. The lowest BCUT2D eigenvalue weighted by molar-refractivity contribution is -0.192. The molecule has 0 aromatic heterocycles. The summed E-state index contributed by atoms with van der Waals surface area (Å²) >= 11 is 0. The third-order valence-corrected chi connectivity index (χ3v) is 12.3. The Morgan fingerprint density at radius 3 is 2.15 bits per heavy atom. The molecule has 6 rings (SSSR count). The van der Waals surface area contributed by atoms with Crippen LogP contribution in [0.2, 0.25) is 0 Å². The van der Waals surface area contributed by atoms with E-state index in [-0.39, 0.29) is 30.6 Å². The Morgan fingerprint density at radius 1 is 0.923 bits per heavy atom. The molecule has 10 heteroatoms. The van der Waals surface area contributed by atoms with Crippen LogP contribution in [0.1, 0.15) is 93.4 Å². The number of rotatable bonds is 13. The average molecular weight is 715 g/mol. The highest BCUT2D eigenvalue weighted by atomic mass is 16.6. The number of hydrogen-bond acceptors (Lipinski definition) is 10. The van der Waals surface area contributed by atoms with Crippen molar-refractivity contribution in [3.8, 4) is 0 Å². The van der Waals surface area contributed by atoms with Crippen molar-refractivity contribution in [2.75, 3.05) is 13.2 Å². The number of fused-ring (bicyclic) bond motifs is 3. The summed E-state index contributed by atoms with van der Waals surface area (Å²) < 4.78 is 18.3. The normalized spacial score (nSPS) is 34.4. The van der Waals surface area contributed by atoms with Gasteiger partial charge in [0.15, 0.2) is 17.5 Å². The van der Waals surface area contributed by atoms with E-state index in [4.69, 9.17) is 14.2 Å². The first-order valence-electron chi connectivity index (χ1n) is 18.5. The highest BCUT2D eigenvalue weighted by Crippen LogP contribution is 2.75. The molecule has 10 nitrogen and oxygen atoms in total. The molecule has 9 atom stereocenters. The summed E-state index contributed by atoms with van der Waals surface area (Å²) in [6, 6.07) is 16.7. The molecule has 2 bridgehead atoms. The number of aliphatic hydroxyl groups is 3. The smallest absolute Gasteiger partial charge is 0.338 e. The second-order valence-corrected chi connectivity index (χ2v) is 15.4. The van der Waals surface area contributed by atoms with Gasteiger partial charge in [-0.05, 0) is 61.1 Å². The predicted molar refractivity (Wildman–Crippen MR) is 191 cm³/mol. The van der Waals surface area contributed by atoms with Crippen molar-refractivity contribution >= 4 is 23.7 Å². The van der Waals surface area contributed by atoms with E-state index >= 15 is 4.79 Å². The third kappa shape index (κ3) is 5.83. The molecule has 4 aliphatic rings. The van der Waals surface area contributed by atoms with E-state index in [1.807, 2.05) is 6.92 Å². The number of allylic oxidation sites excluding steroid dienone is 1. The van der Waals surface area contributed by atoms with Gasteiger partial charge in [-0.25, -0.2) is 9.59 Å². The van der Waals surface area contributed by atoms with Gasteiger partial charge in [-0.1, -0.05) is 95.0 Å². The molecule has 2 fully saturated rings. The summed E-state index contributed by atoms with van der Waals surface area (Å²) in [7, 11) is 0.